The van der Waals surface area contributed by atoms with Crippen LogP contribution >= 0.6 is 11.8 Å². The summed E-state index contributed by atoms with van der Waals surface area (Å²) >= 11 is 1.36. The van der Waals surface area contributed by atoms with Gasteiger partial charge in [0.1, 0.15) is 0 Å². The van der Waals surface area contributed by atoms with Crippen molar-refractivity contribution in [2.24, 2.45) is 0 Å². The summed E-state index contributed by atoms with van der Waals surface area (Å²) in [6, 6.07) is 10.2. The Morgan fingerprint density at radius 2 is 2.17 bits per heavy atom. The third-order valence-electron chi connectivity index (χ3n) is 2.57. The Kier molecular flexibility index (Phi) is 4.53. The Balaban J connectivity index is 2.07. The lowest BCUT2D eigenvalue weighted by molar-refractivity contribution is -0.109. The first kappa shape index (κ1) is 12.8. The van der Waals surface area contributed by atoms with E-state index in [4.69, 9.17) is 0 Å². The van der Waals surface area contributed by atoms with Gasteiger partial charge in [-0.2, -0.15) is 0 Å². The van der Waals surface area contributed by atoms with Crippen molar-refractivity contribution in [3.8, 4) is 0 Å². The topological polar surface area (TPSA) is 30.0 Å². The van der Waals surface area contributed by atoms with Gasteiger partial charge in [0.25, 0.3) is 0 Å². The average molecular weight is 257 g/mol. The summed E-state index contributed by atoms with van der Waals surface area (Å²) in [5.41, 5.74) is 0.987. The number of aromatic nitrogens is 1. The van der Waals surface area contributed by atoms with Crippen molar-refractivity contribution in [3.63, 3.8) is 0 Å². The van der Waals surface area contributed by atoms with Crippen molar-refractivity contribution in [3.05, 3.63) is 48.3 Å². The van der Waals surface area contributed by atoms with E-state index < -0.39 is 0 Å². The average Bonchev–Trinajstić information content (AvgIpc) is 2.38. The molecule has 0 atom stereocenters. The Morgan fingerprint density at radius 1 is 1.33 bits per heavy atom. The molecule has 1 aromatic heterocycles. The first-order chi connectivity index (χ1) is 8.77. The highest BCUT2D eigenvalue weighted by Crippen LogP contribution is 2.17. The number of hydrogen-bond donors (Lipinski definition) is 0. The van der Waals surface area contributed by atoms with Crippen LogP contribution in [0.2, 0.25) is 0 Å². The minimum Gasteiger partial charge on any atom is -0.288 e. The third-order valence-corrected chi connectivity index (χ3v) is 3.42. The zero-order valence-electron chi connectivity index (χ0n) is 10.3. The van der Waals surface area contributed by atoms with Crippen LogP contribution in [0.5, 0.6) is 0 Å². The van der Waals surface area contributed by atoms with Crippen molar-refractivity contribution in [1.82, 2.24) is 4.98 Å². The Hall–Kier alpha value is -1.61. The summed E-state index contributed by atoms with van der Waals surface area (Å²) in [7, 11) is 0. The molecule has 0 saturated carbocycles. The SMILES string of the molecule is CC(=O)SCCC=Cc1nccc2ccccc12. The number of allylic oxidation sites excluding steroid dienone is 1. The van der Waals surface area contributed by atoms with Crippen LogP contribution in [0, 0.1) is 0 Å². The van der Waals surface area contributed by atoms with E-state index >= 15 is 0 Å². The number of fused-ring (bicyclic) bond motifs is 1. The first-order valence-electron chi connectivity index (χ1n) is 5.91. The minimum atomic E-state index is 0.173. The van der Waals surface area contributed by atoms with Crippen molar-refractivity contribution in [2.45, 2.75) is 13.3 Å². The molecule has 0 aliphatic rings. The maximum Gasteiger partial charge on any atom is 0.185 e. The first-order valence-corrected chi connectivity index (χ1v) is 6.89. The van der Waals surface area contributed by atoms with Gasteiger partial charge in [-0.05, 0) is 23.9 Å². The molecule has 0 fully saturated rings. The fourth-order valence-corrected chi connectivity index (χ4v) is 2.28. The van der Waals surface area contributed by atoms with Crippen LogP contribution in [0.1, 0.15) is 19.0 Å². The molecule has 1 heterocycles. The Bertz CT molecular complexity index is 572. The van der Waals surface area contributed by atoms with Crippen LogP contribution in [-0.4, -0.2) is 15.9 Å². The minimum absolute atomic E-state index is 0.173. The molecule has 0 radical (unpaired) electrons. The molecule has 92 valence electrons. The molecule has 3 heteroatoms. The zero-order chi connectivity index (χ0) is 12.8. The van der Waals surface area contributed by atoms with Gasteiger partial charge in [-0.3, -0.25) is 9.78 Å². The highest BCUT2D eigenvalue weighted by molar-refractivity contribution is 8.13. The van der Waals surface area contributed by atoms with Gasteiger partial charge in [-0.25, -0.2) is 0 Å². The summed E-state index contributed by atoms with van der Waals surface area (Å²) in [5.74, 6) is 0.830. The Labute approximate surface area is 111 Å². The molecule has 0 saturated heterocycles. The summed E-state index contributed by atoms with van der Waals surface area (Å²) in [4.78, 5) is 15.2. The van der Waals surface area contributed by atoms with E-state index in [0.29, 0.717) is 0 Å². The number of carbonyl (C=O) groups is 1. The Morgan fingerprint density at radius 3 is 3.00 bits per heavy atom. The summed E-state index contributed by atoms with van der Waals surface area (Å²) in [5, 5.41) is 2.53. The zero-order valence-corrected chi connectivity index (χ0v) is 11.1. The second kappa shape index (κ2) is 6.36. The largest absolute Gasteiger partial charge is 0.288 e. The molecule has 2 rings (SSSR count). The molecule has 18 heavy (non-hydrogen) atoms. The molecular weight excluding hydrogens is 242 g/mol. The van der Waals surface area contributed by atoms with Crippen LogP contribution in [-0.2, 0) is 4.79 Å². The second-order valence-electron chi connectivity index (χ2n) is 3.95. The monoisotopic (exact) mass is 257 g/mol. The van der Waals surface area contributed by atoms with E-state index in [0.717, 1.165) is 23.3 Å². The number of pyridine rings is 1. The lowest BCUT2D eigenvalue weighted by Crippen LogP contribution is -1.85. The van der Waals surface area contributed by atoms with E-state index in [2.05, 4.69) is 23.2 Å². The molecular formula is C15H15NOS. The highest BCUT2D eigenvalue weighted by atomic mass is 32.2. The summed E-state index contributed by atoms with van der Waals surface area (Å²) < 4.78 is 0. The van der Waals surface area contributed by atoms with E-state index in [1.54, 1.807) is 6.92 Å². The van der Waals surface area contributed by atoms with Crippen LogP contribution in [0.15, 0.2) is 42.6 Å². The van der Waals surface area contributed by atoms with Gasteiger partial charge < -0.3 is 0 Å². The quantitative estimate of drug-likeness (QED) is 0.778. The molecule has 0 aliphatic heterocycles. The fraction of sp³-hybridized carbons (Fsp3) is 0.200. The molecule has 2 aromatic rings. The van der Waals surface area contributed by atoms with Crippen molar-refractivity contribution < 1.29 is 4.79 Å². The number of rotatable bonds is 4. The van der Waals surface area contributed by atoms with Crippen LogP contribution in [0.25, 0.3) is 16.8 Å². The van der Waals surface area contributed by atoms with Crippen LogP contribution in [0.4, 0.5) is 0 Å². The third kappa shape index (κ3) is 3.44. The number of hydrogen-bond acceptors (Lipinski definition) is 3. The predicted molar refractivity (Wildman–Crippen MR) is 78.5 cm³/mol. The number of benzene rings is 1. The van der Waals surface area contributed by atoms with E-state index in [1.807, 2.05) is 30.5 Å². The van der Waals surface area contributed by atoms with Gasteiger partial charge in [-0.1, -0.05) is 42.1 Å². The van der Waals surface area contributed by atoms with Gasteiger partial charge in [0.2, 0.25) is 0 Å². The van der Waals surface area contributed by atoms with E-state index in [9.17, 15) is 4.79 Å². The highest BCUT2D eigenvalue weighted by Gasteiger charge is 1.97. The molecule has 0 bridgehead atoms. The second-order valence-corrected chi connectivity index (χ2v) is 5.22. The van der Waals surface area contributed by atoms with Crippen molar-refractivity contribution in [1.29, 1.82) is 0 Å². The molecule has 0 amide bonds. The van der Waals surface area contributed by atoms with Crippen molar-refractivity contribution >= 4 is 33.7 Å². The van der Waals surface area contributed by atoms with Crippen LogP contribution in [0.3, 0.4) is 0 Å². The molecule has 0 aliphatic carbocycles. The van der Waals surface area contributed by atoms with E-state index in [1.165, 1.54) is 17.1 Å². The number of nitrogens with zero attached hydrogens (tertiary/aromatic N) is 1. The molecule has 0 spiro atoms. The lowest BCUT2D eigenvalue weighted by Gasteiger charge is -2.00. The number of carbonyl (C=O) groups excluding carboxylic acids is 1. The fourth-order valence-electron chi connectivity index (χ4n) is 1.74. The molecule has 0 N–H and O–H groups in total. The standard InChI is InChI=1S/C15H15NOS/c1-12(17)18-11-5-4-8-15-14-7-3-2-6-13(14)9-10-16-15/h2-4,6-10H,5,11H2,1H3. The molecule has 0 unspecified atom stereocenters. The smallest absolute Gasteiger partial charge is 0.185 e. The molecule has 2 nitrogen and oxygen atoms in total. The van der Waals surface area contributed by atoms with Gasteiger partial charge in [0, 0.05) is 24.3 Å². The number of thioether (sulfide) groups is 1. The molecule has 1 aromatic carbocycles. The van der Waals surface area contributed by atoms with Gasteiger partial charge >= 0.3 is 0 Å². The van der Waals surface area contributed by atoms with E-state index in [-0.39, 0.29) is 5.12 Å². The summed E-state index contributed by atoms with van der Waals surface area (Å²) in [6.45, 7) is 1.60. The van der Waals surface area contributed by atoms with Gasteiger partial charge in [-0.15, -0.1) is 0 Å². The summed E-state index contributed by atoms with van der Waals surface area (Å²) in [6.07, 6.45) is 6.81. The lowest BCUT2D eigenvalue weighted by atomic mass is 10.1. The predicted octanol–water partition coefficient (Wildman–Crippen LogP) is 3.92. The van der Waals surface area contributed by atoms with Crippen LogP contribution < -0.4 is 0 Å². The van der Waals surface area contributed by atoms with Gasteiger partial charge in [0.15, 0.2) is 5.12 Å². The maximum absolute atomic E-state index is 10.8. The van der Waals surface area contributed by atoms with Gasteiger partial charge in [0.05, 0.1) is 5.69 Å². The maximum atomic E-state index is 10.8. The normalized spacial score (nSPS) is 11.2. The van der Waals surface area contributed by atoms with Crippen molar-refractivity contribution in [2.75, 3.05) is 5.75 Å².